The van der Waals surface area contributed by atoms with Crippen LogP contribution >= 0.6 is 39.1 Å². The van der Waals surface area contributed by atoms with Gasteiger partial charge in [-0.05, 0) is 35.0 Å². The number of nitrogens with zero attached hydrogens (tertiary/aromatic N) is 4. The van der Waals surface area contributed by atoms with E-state index < -0.39 is 0 Å². The van der Waals surface area contributed by atoms with E-state index in [1.54, 1.807) is 46.9 Å². The number of rotatable bonds is 4. The summed E-state index contributed by atoms with van der Waals surface area (Å²) in [6.07, 6.45) is 1.74. The maximum Gasteiger partial charge on any atom is 0.278 e. The highest BCUT2D eigenvalue weighted by atomic mass is 79.9. The average Bonchev–Trinajstić information content (AvgIpc) is 3.11. The minimum Gasteiger partial charge on any atom is -0.304 e. The fourth-order valence-electron chi connectivity index (χ4n) is 2.26. The number of benzene rings is 1. The van der Waals surface area contributed by atoms with Gasteiger partial charge >= 0.3 is 0 Å². The summed E-state index contributed by atoms with van der Waals surface area (Å²) in [6, 6.07) is 7.04. The maximum atomic E-state index is 12.4. The van der Waals surface area contributed by atoms with Crippen molar-refractivity contribution in [3.8, 4) is 0 Å². The predicted octanol–water partition coefficient (Wildman–Crippen LogP) is 4.29. The lowest BCUT2D eigenvalue weighted by Gasteiger charge is -2.07. The smallest absolute Gasteiger partial charge is 0.278 e. The van der Waals surface area contributed by atoms with Gasteiger partial charge in [-0.2, -0.15) is 10.2 Å². The summed E-state index contributed by atoms with van der Waals surface area (Å²) in [4.78, 5) is 12.4. The van der Waals surface area contributed by atoms with Crippen LogP contribution in [0.5, 0.6) is 0 Å². The molecule has 0 bridgehead atoms. The summed E-state index contributed by atoms with van der Waals surface area (Å²) < 4.78 is 3.95. The summed E-state index contributed by atoms with van der Waals surface area (Å²) in [5.74, 6) is 0.0833. The number of hydrogen-bond donors (Lipinski definition) is 1. The van der Waals surface area contributed by atoms with Crippen molar-refractivity contribution in [2.24, 2.45) is 7.05 Å². The van der Waals surface area contributed by atoms with Crippen LogP contribution in [0.4, 0.5) is 5.82 Å². The zero-order chi connectivity index (χ0) is 18.1. The molecule has 6 nitrogen and oxygen atoms in total. The third kappa shape index (κ3) is 3.73. The summed E-state index contributed by atoms with van der Waals surface area (Å²) in [7, 11) is 1.78. The Morgan fingerprint density at radius 2 is 1.92 bits per heavy atom. The molecule has 0 spiro atoms. The zero-order valence-corrected chi connectivity index (χ0v) is 16.5. The number of halogens is 3. The maximum absolute atomic E-state index is 12.4. The van der Waals surface area contributed by atoms with Gasteiger partial charge in [-0.1, -0.05) is 29.3 Å². The van der Waals surface area contributed by atoms with Crippen LogP contribution in [0.25, 0.3) is 0 Å². The molecule has 9 heteroatoms. The number of nitrogens with one attached hydrogen (secondary N) is 1. The summed E-state index contributed by atoms with van der Waals surface area (Å²) in [6.45, 7) is 2.27. The molecule has 1 N–H and O–H groups in total. The van der Waals surface area contributed by atoms with Crippen LogP contribution in [0, 0.1) is 6.92 Å². The number of carbonyl (C=O) groups excluding carboxylic acids is 1. The van der Waals surface area contributed by atoms with Gasteiger partial charge in [0.25, 0.3) is 5.91 Å². The van der Waals surface area contributed by atoms with E-state index >= 15 is 0 Å². The van der Waals surface area contributed by atoms with Gasteiger partial charge in [-0.25, -0.2) is 0 Å². The first kappa shape index (κ1) is 18.0. The van der Waals surface area contributed by atoms with E-state index in [0.29, 0.717) is 32.6 Å². The lowest BCUT2D eigenvalue weighted by molar-refractivity contribution is 0.102. The van der Waals surface area contributed by atoms with Gasteiger partial charge in [0.05, 0.1) is 16.7 Å². The van der Waals surface area contributed by atoms with Crippen molar-refractivity contribution >= 4 is 50.9 Å². The highest BCUT2D eigenvalue weighted by molar-refractivity contribution is 9.10. The average molecular weight is 443 g/mol. The third-order valence-corrected chi connectivity index (χ3v) is 5.40. The fraction of sp³-hybridized carbons (Fsp3) is 0.188. The summed E-state index contributed by atoms with van der Waals surface area (Å²) >= 11 is 15.7. The quantitative estimate of drug-likeness (QED) is 0.655. The molecule has 0 aliphatic heterocycles. The van der Waals surface area contributed by atoms with Gasteiger partial charge in [0.1, 0.15) is 0 Å². The Bertz CT molecular complexity index is 930. The molecule has 0 fully saturated rings. The van der Waals surface area contributed by atoms with E-state index in [0.717, 1.165) is 11.3 Å². The molecule has 0 unspecified atom stereocenters. The molecule has 2 heterocycles. The van der Waals surface area contributed by atoms with Crippen molar-refractivity contribution < 1.29 is 4.79 Å². The number of aromatic nitrogens is 4. The van der Waals surface area contributed by atoms with Crippen molar-refractivity contribution in [1.29, 1.82) is 0 Å². The zero-order valence-electron chi connectivity index (χ0n) is 13.4. The standard InChI is InChI=1S/C16H14BrCl2N5O/c1-9-14(17)15(22-23(9)2)16(25)20-13-6-7-24(21-13)8-10-11(18)4-3-5-12(10)19/h3-7H,8H2,1-2H3,(H,20,21,25). The van der Waals surface area contributed by atoms with E-state index in [4.69, 9.17) is 23.2 Å². The van der Waals surface area contributed by atoms with Gasteiger partial charge < -0.3 is 5.32 Å². The number of amides is 1. The van der Waals surface area contributed by atoms with Crippen molar-refractivity contribution in [3.63, 3.8) is 0 Å². The molecule has 2 aromatic heterocycles. The Kier molecular flexibility index (Phi) is 5.17. The Labute approximate surface area is 162 Å². The molecule has 25 heavy (non-hydrogen) atoms. The second kappa shape index (κ2) is 7.19. The number of hydrogen-bond acceptors (Lipinski definition) is 3. The van der Waals surface area contributed by atoms with Gasteiger partial charge in [-0.15, -0.1) is 0 Å². The molecule has 1 aromatic carbocycles. The van der Waals surface area contributed by atoms with Crippen LogP contribution in [-0.4, -0.2) is 25.5 Å². The van der Waals surface area contributed by atoms with Crippen molar-refractivity contribution in [1.82, 2.24) is 19.6 Å². The van der Waals surface area contributed by atoms with Crippen LogP contribution in [-0.2, 0) is 13.6 Å². The van der Waals surface area contributed by atoms with E-state index in [-0.39, 0.29) is 5.91 Å². The molecule has 1 amide bonds. The Balaban J connectivity index is 1.75. The normalized spacial score (nSPS) is 10.9. The molecule has 0 aliphatic carbocycles. The Morgan fingerprint density at radius 3 is 2.52 bits per heavy atom. The minimum atomic E-state index is -0.336. The van der Waals surface area contributed by atoms with E-state index in [9.17, 15) is 4.79 Å². The van der Waals surface area contributed by atoms with Gasteiger partial charge in [0.15, 0.2) is 11.5 Å². The van der Waals surface area contributed by atoms with Crippen LogP contribution in [0.15, 0.2) is 34.9 Å². The largest absolute Gasteiger partial charge is 0.304 e. The second-order valence-electron chi connectivity index (χ2n) is 5.42. The van der Waals surface area contributed by atoms with Crippen molar-refractivity contribution in [2.45, 2.75) is 13.5 Å². The second-order valence-corrected chi connectivity index (χ2v) is 7.03. The molecule has 3 rings (SSSR count). The first-order valence-electron chi connectivity index (χ1n) is 7.33. The molecule has 0 aliphatic rings. The topological polar surface area (TPSA) is 64.7 Å². The first-order chi connectivity index (χ1) is 11.9. The molecule has 0 saturated heterocycles. The highest BCUT2D eigenvalue weighted by Gasteiger charge is 2.18. The van der Waals surface area contributed by atoms with Crippen LogP contribution in [0.3, 0.4) is 0 Å². The molecular formula is C16H14BrCl2N5O. The predicted molar refractivity (Wildman–Crippen MR) is 101 cm³/mol. The van der Waals surface area contributed by atoms with Gasteiger partial charge in [-0.3, -0.25) is 14.2 Å². The monoisotopic (exact) mass is 441 g/mol. The third-order valence-electron chi connectivity index (χ3n) is 3.74. The van der Waals surface area contributed by atoms with E-state index in [1.807, 2.05) is 6.92 Å². The Hall–Kier alpha value is -1.83. The molecule has 0 atom stereocenters. The van der Waals surface area contributed by atoms with Crippen LogP contribution in [0.2, 0.25) is 10.0 Å². The lowest BCUT2D eigenvalue weighted by Crippen LogP contribution is -2.14. The molecule has 0 saturated carbocycles. The minimum absolute atomic E-state index is 0.309. The number of carbonyl (C=O) groups is 1. The van der Waals surface area contributed by atoms with Crippen LogP contribution < -0.4 is 5.32 Å². The SMILES string of the molecule is Cc1c(Br)c(C(=O)Nc2ccn(Cc3c(Cl)cccc3Cl)n2)nn1C. The number of aryl methyl sites for hydroxylation is 1. The van der Waals surface area contributed by atoms with Crippen LogP contribution in [0.1, 0.15) is 21.7 Å². The molecule has 0 radical (unpaired) electrons. The van der Waals surface area contributed by atoms with Crippen molar-refractivity contribution in [2.75, 3.05) is 5.32 Å². The Morgan fingerprint density at radius 1 is 1.24 bits per heavy atom. The fourth-order valence-corrected chi connectivity index (χ4v) is 3.30. The molecule has 3 aromatic rings. The summed E-state index contributed by atoms with van der Waals surface area (Å²) in [5, 5.41) is 12.4. The van der Waals surface area contributed by atoms with Crippen molar-refractivity contribution in [3.05, 3.63) is 61.9 Å². The number of anilines is 1. The lowest BCUT2D eigenvalue weighted by atomic mass is 10.2. The highest BCUT2D eigenvalue weighted by Crippen LogP contribution is 2.25. The van der Waals surface area contributed by atoms with Gasteiger partial charge in [0.2, 0.25) is 0 Å². The summed E-state index contributed by atoms with van der Waals surface area (Å²) in [5.41, 5.74) is 1.95. The molecule has 130 valence electrons. The first-order valence-corrected chi connectivity index (χ1v) is 8.88. The molecular weight excluding hydrogens is 429 g/mol. The van der Waals surface area contributed by atoms with Gasteiger partial charge in [0, 0.05) is 34.9 Å². The van der Waals surface area contributed by atoms with E-state index in [2.05, 4.69) is 31.4 Å². The van der Waals surface area contributed by atoms with E-state index in [1.165, 1.54) is 0 Å².